The van der Waals surface area contributed by atoms with Crippen LogP contribution >= 0.6 is 0 Å². The summed E-state index contributed by atoms with van der Waals surface area (Å²) in [6.45, 7) is 0. The van der Waals surface area contributed by atoms with E-state index < -0.39 is 11.2 Å². The molecule has 1 N–H and O–H groups in total. The van der Waals surface area contributed by atoms with Crippen molar-refractivity contribution in [2.45, 2.75) is 0 Å². The number of hydrogen-bond donors (Lipinski definition) is 1. The highest BCUT2D eigenvalue weighted by molar-refractivity contribution is 5.85. The van der Waals surface area contributed by atoms with E-state index in [1.54, 1.807) is 24.1 Å². The van der Waals surface area contributed by atoms with Gasteiger partial charge in [-0.2, -0.15) is 5.10 Å². The molecule has 8 heteroatoms. The third-order valence-electron chi connectivity index (χ3n) is 3.37. The minimum Gasteiger partial charge on any atom is -0.457 e. The number of aromatic nitrogens is 5. The highest BCUT2D eigenvalue weighted by Crippen LogP contribution is 2.18. The Morgan fingerprint density at radius 1 is 1.24 bits per heavy atom. The standard InChI is InChI=1S/C13H9N5O3/c1-17-10-7(5-15-17)4-14-6-9(10)18-12(19)11-8(2-3-21-11)16-13(18)20/h2-6H,1H3,(H,16,20). The Morgan fingerprint density at radius 2 is 2.10 bits per heavy atom. The van der Waals surface area contributed by atoms with E-state index in [4.69, 9.17) is 4.42 Å². The van der Waals surface area contributed by atoms with Gasteiger partial charge in [-0.1, -0.05) is 0 Å². The van der Waals surface area contributed by atoms with Crippen molar-refractivity contribution < 1.29 is 4.42 Å². The Labute approximate surface area is 116 Å². The van der Waals surface area contributed by atoms with Gasteiger partial charge in [0.2, 0.25) is 5.58 Å². The normalized spacial score (nSPS) is 11.5. The van der Waals surface area contributed by atoms with Gasteiger partial charge in [0, 0.05) is 24.7 Å². The van der Waals surface area contributed by atoms with Crippen LogP contribution < -0.4 is 11.2 Å². The minimum atomic E-state index is -0.551. The first-order valence-electron chi connectivity index (χ1n) is 6.15. The van der Waals surface area contributed by atoms with E-state index in [0.29, 0.717) is 16.7 Å². The van der Waals surface area contributed by atoms with E-state index in [9.17, 15) is 9.59 Å². The van der Waals surface area contributed by atoms with Crippen molar-refractivity contribution in [2.24, 2.45) is 7.05 Å². The summed E-state index contributed by atoms with van der Waals surface area (Å²) in [5.41, 5.74) is 0.374. The van der Waals surface area contributed by atoms with Gasteiger partial charge >= 0.3 is 11.2 Å². The fourth-order valence-electron chi connectivity index (χ4n) is 2.43. The summed E-state index contributed by atoms with van der Waals surface area (Å²) in [6, 6.07) is 1.53. The number of pyridine rings is 1. The molecular formula is C13H9N5O3. The molecule has 4 heterocycles. The number of aromatic amines is 1. The molecule has 8 nitrogen and oxygen atoms in total. The van der Waals surface area contributed by atoms with E-state index in [1.807, 2.05) is 0 Å². The number of fused-ring (bicyclic) bond motifs is 2. The number of H-pyrrole nitrogens is 1. The topological polar surface area (TPSA) is 98.7 Å². The molecule has 0 bridgehead atoms. The first-order chi connectivity index (χ1) is 10.2. The van der Waals surface area contributed by atoms with Gasteiger partial charge in [0.05, 0.1) is 35.4 Å². The second-order valence-corrected chi connectivity index (χ2v) is 4.60. The summed E-state index contributed by atoms with van der Waals surface area (Å²) >= 11 is 0. The molecule has 21 heavy (non-hydrogen) atoms. The predicted molar refractivity (Wildman–Crippen MR) is 74.5 cm³/mol. The molecule has 0 aromatic carbocycles. The van der Waals surface area contributed by atoms with Crippen molar-refractivity contribution in [1.29, 1.82) is 0 Å². The van der Waals surface area contributed by atoms with Gasteiger partial charge in [-0.05, 0) is 0 Å². The van der Waals surface area contributed by atoms with Crippen molar-refractivity contribution in [3.05, 3.63) is 51.8 Å². The lowest BCUT2D eigenvalue weighted by molar-refractivity contribution is 0.605. The van der Waals surface area contributed by atoms with Crippen LogP contribution in [0.2, 0.25) is 0 Å². The van der Waals surface area contributed by atoms with Crippen LogP contribution in [0.5, 0.6) is 0 Å². The molecule has 0 radical (unpaired) electrons. The summed E-state index contributed by atoms with van der Waals surface area (Å²) in [4.78, 5) is 31.4. The van der Waals surface area contributed by atoms with Gasteiger partial charge in [0.1, 0.15) is 0 Å². The molecule has 0 aliphatic carbocycles. The van der Waals surface area contributed by atoms with Crippen molar-refractivity contribution >= 4 is 22.0 Å². The van der Waals surface area contributed by atoms with Crippen LogP contribution in [0, 0.1) is 0 Å². The molecule has 0 spiro atoms. The van der Waals surface area contributed by atoms with Gasteiger partial charge in [-0.25, -0.2) is 9.36 Å². The van der Waals surface area contributed by atoms with Crippen molar-refractivity contribution in [3.63, 3.8) is 0 Å². The number of nitrogens with one attached hydrogen (secondary N) is 1. The van der Waals surface area contributed by atoms with Crippen LogP contribution in [0.1, 0.15) is 0 Å². The van der Waals surface area contributed by atoms with Crippen LogP contribution in [-0.2, 0) is 7.05 Å². The third-order valence-corrected chi connectivity index (χ3v) is 3.37. The van der Waals surface area contributed by atoms with Crippen molar-refractivity contribution in [1.82, 2.24) is 24.3 Å². The maximum Gasteiger partial charge on any atom is 0.333 e. The fourth-order valence-corrected chi connectivity index (χ4v) is 2.43. The highest BCUT2D eigenvalue weighted by atomic mass is 16.3. The second kappa shape index (κ2) is 3.92. The van der Waals surface area contributed by atoms with Crippen LogP contribution in [0.3, 0.4) is 0 Å². The summed E-state index contributed by atoms with van der Waals surface area (Å²) < 4.78 is 7.73. The fraction of sp³-hybridized carbons (Fsp3) is 0.0769. The quantitative estimate of drug-likeness (QED) is 0.550. The first-order valence-corrected chi connectivity index (χ1v) is 6.15. The molecule has 104 valence electrons. The first kappa shape index (κ1) is 11.6. The van der Waals surface area contributed by atoms with Crippen LogP contribution in [-0.4, -0.2) is 24.3 Å². The van der Waals surface area contributed by atoms with E-state index in [-0.39, 0.29) is 5.58 Å². The molecule has 0 aliphatic heterocycles. The lowest BCUT2D eigenvalue weighted by Gasteiger charge is -2.06. The molecule has 0 aliphatic rings. The molecule has 0 unspecified atom stereocenters. The molecule has 4 aromatic rings. The molecule has 0 amide bonds. The van der Waals surface area contributed by atoms with Crippen LogP contribution in [0.25, 0.3) is 27.7 Å². The SMILES string of the molecule is Cn1ncc2cncc(-n3c(=O)[nH]c4ccoc4c3=O)c21. The molecule has 4 aromatic heterocycles. The van der Waals surface area contributed by atoms with Crippen molar-refractivity contribution in [3.8, 4) is 5.69 Å². The second-order valence-electron chi connectivity index (χ2n) is 4.60. The Hall–Kier alpha value is -3.16. The molecular weight excluding hydrogens is 274 g/mol. The number of rotatable bonds is 1. The summed E-state index contributed by atoms with van der Waals surface area (Å²) in [5.74, 6) is 0. The molecule has 0 atom stereocenters. The smallest absolute Gasteiger partial charge is 0.333 e. The lowest BCUT2D eigenvalue weighted by atomic mass is 10.3. The highest BCUT2D eigenvalue weighted by Gasteiger charge is 2.16. The van der Waals surface area contributed by atoms with E-state index in [2.05, 4.69) is 15.1 Å². The third kappa shape index (κ3) is 1.49. The molecule has 0 saturated heterocycles. The maximum absolute atomic E-state index is 12.5. The Balaban J connectivity index is 2.21. The summed E-state index contributed by atoms with van der Waals surface area (Å²) in [5, 5.41) is 4.86. The van der Waals surface area contributed by atoms with E-state index in [0.717, 1.165) is 9.95 Å². The number of aryl methyl sites for hydroxylation is 1. The van der Waals surface area contributed by atoms with Gasteiger partial charge in [-0.15, -0.1) is 0 Å². The molecule has 0 fully saturated rings. The summed E-state index contributed by atoms with van der Waals surface area (Å²) in [7, 11) is 1.73. The number of nitrogens with zero attached hydrogens (tertiary/aromatic N) is 4. The van der Waals surface area contributed by atoms with Gasteiger partial charge in [0.15, 0.2) is 0 Å². The maximum atomic E-state index is 12.5. The minimum absolute atomic E-state index is 0.0915. The number of hydrogen-bond acceptors (Lipinski definition) is 5. The Kier molecular flexibility index (Phi) is 2.17. The molecule has 0 saturated carbocycles. The van der Waals surface area contributed by atoms with Crippen LogP contribution in [0.15, 0.2) is 44.9 Å². The monoisotopic (exact) mass is 283 g/mol. The zero-order chi connectivity index (χ0) is 14.6. The van der Waals surface area contributed by atoms with E-state index >= 15 is 0 Å². The zero-order valence-corrected chi connectivity index (χ0v) is 10.9. The van der Waals surface area contributed by atoms with Gasteiger partial charge < -0.3 is 9.40 Å². The Bertz CT molecular complexity index is 1100. The average Bonchev–Trinajstić information content (AvgIpc) is 3.07. The number of furan rings is 1. The predicted octanol–water partition coefficient (Wildman–Crippen LogP) is 0.554. The Morgan fingerprint density at radius 3 is 2.95 bits per heavy atom. The van der Waals surface area contributed by atoms with E-state index in [1.165, 1.54) is 18.5 Å². The summed E-state index contributed by atoms with van der Waals surface area (Å²) in [6.07, 6.45) is 6.05. The lowest BCUT2D eigenvalue weighted by Crippen LogP contribution is -2.33. The zero-order valence-electron chi connectivity index (χ0n) is 10.9. The van der Waals surface area contributed by atoms with Crippen LogP contribution in [0.4, 0.5) is 0 Å². The van der Waals surface area contributed by atoms with Gasteiger partial charge in [0.25, 0.3) is 0 Å². The van der Waals surface area contributed by atoms with Gasteiger partial charge in [-0.3, -0.25) is 14.5 Å². The van der Waals surface area contributed by atoms with Crippen molar-refractivity contribution in [2.75, 3.05) is 0 Å². The molecule has 4 rings (SSSR count). The largest absolute Gasteiger partial charge is 0.457 e. The average molecular weight is 283 g/mol.